The third kappa shape index (κ3) is 3.39. The van der Waals surface area contributed by atoms with Crippen LogP contribution in [0.1, 0.15) is 27.2 Å². The van der Waals surface area contributed by atoms with Gasteiger partial charge in [0.1, 0.15) is 6.04 Å². The number of likely N-dealkylation sites (tertiary alicyclic amines) is 1. The molecule has 0 aromatic heterocycles. The number of benzene rings is 1. The second-order valence-electron chi connectivity index (χ2n) is 5.36. The second-order valence-corrected chi connectivity index (χ2v) is 5.36. The first-order chi connectivity index (χ1) is 9.88. The predicted octanol–water partition coefficient (Wildman–Crippen LogP) is 1.59. The monoisotopic (exact) mass is 289 g/mol. The molecule has 1 aliphatic heterocycles. The number of amides is 3. The van der Waals surface area contributed by atoms with Gasteiger partial charge >= 0.3 is 0 Å². The zero-order valence-corrected chi connectivity index (χ0v) is 12.3. The first-order valence-electron chi connectivity index (χ1n) is 6.88. The second kappa shape index (κ2) is 5.95. The van der Waals surface area contributed by atoms with Gasteiger partial charge in [-0.15, -0.1) is 0 Å². The minimum atomic E-state index is -0.549. The highest BCUT2D eigenvalue weighted by molar-refractivity contribution is 6.07. The quantitative estimate of drug-likeness (QED) is 0.825. The number of hydrogen-bond donors (Lipinski definition) is 2. The lowest BCUT2D eigenvalue weighted by atomic mass is 10.2. The Balaban J connectivity index is 2.10. The van der Waals surface area contributed by atoms with E-state index in [0.717, 1.165) is 0 Å². The summed E-state index contributed by atoms with van der Waals surface area (Å²) in [5, 5.41) is 5.73. The molecule has 6 nitrogen and oxygen atoms in total. The first-order valence-corrected chi connectivity index (χ1v) is 6.88. The van der Waals surface area contributed by atoms with Crippen LogP contribution in [0.2, 0.25) is 0 Å². The Kier molecular flexibility index (Phi) is 4.26. The van der Waals surface area contributed by atoms with Crippen LogP contribution in [0, 0.1) is 0 Å². The maximum Gasteiger partial charge on any atom is 0.252 e. The van der Waals surface area contributed by atoms with Crippen molar-refractivity contribution in [1.29, 1.82) is 0 Å². The Hall–Kier alpha value is -2.37. The molecule has 0 spiro atoms. The van der Waals surface area contributed by atoms with Gasteiger partial charge in [-0.3, -0.25) is 19.3 Å². The summed E-state index contributed by atoms with van der Waals surface area (Å²) < 4.78 is 0. The van der Waals surface area contributed by atoms with Crippen molar-refractivity contribution >= 4 is 29.1 Å². The van der Waals surface area contributed by atoms with Crippen LogP contribution in [-0.4, -0.2) is 34.7 Å². The topological polar surface area (TPSA) is 78.5 Å². The number of hydrogen-bond acceptors (Lipinski definition) is 4. The van der Waals surface area contributed by atoms with E-state index in [1.807, 2.05) is 13.8 Å². The molecule has 6 heteroatoms. The summed E-state index contributed by atoms with van der Waals surface area (Å²) in [7, 11) is 0. The van der Waals surface area contributed by atoms with E-state index in [4.69, 9.17) is 0 Å². The van der Waals surface area contributed by atoms with Crippen LogP contribution in [-0.2, 0) is 14.4 Å². The molecule has 2 N–H and O–H groups in total. The third-order valence-electron chi connectivity index (χ3n) is 3.22. The fraction of sp³-hybridized carbons (Fsp3) is 0.400. The van der Waals surface area contributed by atoms with Crippen molar-refractivity contribution in [2.24, 2.45) is 0 Å². The van der Waals surface area contributed by atoms with Crippen molar-refractivity contribution in [3.05, 3.63) is 24.3 Å². The Morgan fingerprint density at radius 3 is 2.52 bits per heavy atom. The van der Waals surface area contributed by atoms with Crippen molar-refractivity contribution in [2.45, 2.75) is 39.3 Å². The molecule has 1 fully saturated rings. The molecule has 1 atom stereocenters. The Morgan fingerprint density at radius 1 is 1.29 bits per heavy atom. The normalized spacial score (nSPS) is 18.3. The molecule has 1 saturated heterocycles. The summed E-state index contributed by atoms with van der Waals surface area (Å²) in [6, 6.07) is 6.37. The molecular formula is C15H19N3O3. The minimum absolute atomic E-state index is 0.137. The smallest absolute Gasteiger partial charge is 0.252 e. The Labute approximate surface area is 123 Å². The number of rotatable bonds is 4. The molecule has 0 saturated carbocycles. The molecule has 21 heavy (non-hydrogen) atoms. The van der Waals surface area contributed by atoms with Gasteiger partial charge in [-0.2, -0.15) is 0 Å². The summed E-state index contributed by atoms with van der Waals surface area (Å²) in [6.07, 6.45) is 0.154. The number of anilines is 2. The van der Waals surface area contributed by atoms with E-state index in [1.54, 1.807) is 24.3 Å². The van der Waals surface area contributed by atoms with Crippen molar-refractivity contribution in [3.8, 4) is 0 Å². The van der Waals surface area contributed by atoms with Crippen LogP contribution in [0.4, 0.5) is 11.4 Å². The number of nitrogens with zero attached hydrogens (tertiary/aromatic N) is 1. The molecule has 1 aromatic rings. The first kappa shape index (κ1) is 15.0. The van der Waals surface area contributed by atoms with Crippen molar-refractivity contribution < 1.29 is 14.4 Å². The standard InChI is InChI=1S/C15H19N3O3/c1-9(2)18-14(20)8-13(15(18)21)17-12-6-4-5-11(7-12)16-10(3)19/h4-7,9,13,17H,8H2,1-3H3,(H,16,19). The van der Waals surface area contributed by atoms with Gasteiger partial charge in [-0.05, 0) is 32.0 Å². The average Bonchev–Trinajstić information content (AvgIpc) is 2.63. The van der Waals surface area contributed by atoms with E-state index >= 15 is 0 Å². The van der Waals surface area contributed by atoms with E-state index in [-0.39, 0.29) is 30.2 Å². The highest BCUT2D eigenvalue weighted by Gasteiger charge is 2.39. The van der Waals surface area contributed by atoms with E-state index in [1.165, 1.54) is 11.8 Å². The lowest BCUT2D eigenvalue weighted by Gasteiger charge is -2.19. The molecule has 112 valence electrons. The van der Waals surface area contributed by atoms with Gasteiger partial charge in [0, 0.05) is 24.3 Å². The van der Waals surface area contributed by atoms with Gasteiger partial charge < -0.3 is 10.6 Å². The van der Waals surface area contributed by atoms with E-state index in [9.17, 15) is 14.4 Å². The van der Waals surface area contributed by atoms with Gasteiger partial charge in [0.15, 0.2) is 0 Å². The van der Waals surface area contributed by atoms with Gasteiger partial charge in [0.2, 0.25) is 11.8 Å². The molecule has 3 amide bonds. The zero-order chi connectivity index (χ0) is 15.6. The highest BCUT2D eigenvalue weighted by Crippen LogP contribution is 2.22. The predicted molar refractivity (Wildman–Crippen MR) is 79.8 cm³/mol. The van der Waals surface area contributed by atoms with Crippen LogP contribution in [0.3, 0.4) is 0 Å². The van der Waals surface area contributed by atoms with Crippen LogP contribution < -0.4 is 10.6 Å². The molecule has 1 unspecified atom stereocenters. The molecule has 1 heterocycles. The molecule has 0 radical (unpaired) electrons. The van der Waals surface area contributed by atoms with Gasteiger partial charge in [0.25, 0.3) is 5.91 Å². The maximum absolute atomic E-state index is 12.2. The molecular weight excluding hydrogens is 270 g/mol. The fourth-order valence-corrected chi connectivity index (χ4v) is 2.40. The van der Waals surface area contributed by atoms with Crippen molar-refractivity contribution in [2.75, 3.05) is 10.6 Å². The molecule has 2 rings (SSSR count). The lowest BCUT2D eigenvalue weighted by molar-refractivity contribution is -0.140. The fourth-order valence-electron chi connectivity index (χ4n) is 2.40. The van der Waals surface area contributed by atoms with Crippen LogP contribution in [0.25, 0.3) is 0 Å². The maximum atomic E-state index is 12.2. The van der Waals surface area contributed by atoms with Crippen LogP contribution in [0.5, 0.6) is 0 Å². The molecule has 0 aliphatic carbocycles. The zero-order valence-electron chi connectivity index (χ0n) is 12.3. The SMILES string of the molecule is CC(=O)Nc1cccc(NC2CC(=O)N(C(C)C)C2=O)c1. The molecule has 0 bridgehead atoms. The van der Waals surface area contributed by atoms with Crippen molar-refractivity contribution in [1.82, 2.24) is 4.90 Å². The summed E-state index contributed by atoms with van der Waals surface area (Å²) in [5.41, 5.74) is 1.34. The van der Waals surface area contributed by atoms with E-state index < -0.39 is 6.04 Å². The van der Waals surface area contributed by atoms with Gasteiger partial charge in [-0.1, -0.05) is 6.07 Å². The summed E-state index contributed by atoms with van der Waals surface area (Å²) >= 11 is 0. The summed E-state index contributed by atoms with van der Waals surface area (Å²) in [4.78, 5) is 36.4. The van der Waals surface area contributed by atoms with Crippen molar-refractivity contribution in [3.63, 3.8) is 0 Å². The van der Waals surface area contributed by atoms with Crippen LogP contribution >= 0.6 is 0 Å². The van der Waals surface area contributed by atoms with E-state index in [0.29, 0.717) is 11.4 Å². The third-order valence-corrected chi connectivity index (χ3v) is 3.22. The lowest BCUT2D eigenvalue weighted by Crippen LogP contribution is -2.39. The summed E-state index contributed by atoms with van der Waals surface area (Å²) in [6.45, 7) is 5.06. The average molecular weight is 289 g/mol. The number of imide groups is 1. The van der Waals surface area contributed by atoms with Gasteiger partial charge in [-0.25, -0.2) is 0 Å². The number of carbonyl (C=O) groups is 3. The molecule has 1 aromatic carbocycles. The highest BCUT2D eigenvalue weighted by atomic mass is 16.2. The minimum Gasteiger partial charge on any atom is -0.373 e. The molecule has 1 aliphatic rings. The summed E-state index contributed by atoms with van der Waals surface area (Å²) in [5.74, 6) is -0.532. The number of nitrogens with one attached hydrogen (secondary N) is 2. The van der Waals surface area contributed by atoms with Gasteiger partial charge in [0.05, 0.1) is 6.42 Å². The Bertz CT molecular complexity index is 583. The number of carbonyl (C=O) groups excluding carboxylic acids is 3. The Morgan fingerprint density at radius 2 is 1.95 bits per heavy atom. The van der Waals surface area contributed by atoms with E-state index in [2.05, 4.69) is 10.6 Å². The van der Waals surface area contributed by atoms with Crippen LogP contribution in [0.15, 0.2) is 24.3 Å². The largest absolute Gasteiger partial charge is 0.373 e.